The number of aromatic nitrogens is 2. The molecule has 1 aromatic carbocycles. The van der Waals surface area contributed by atoms with Crippen molar-refractivity contribution in [3.63, 3.8) is 0 Å². The Kier molecular flexibility index (Phi) is 6.71. The molecule has 0 aliphatic heterocycles. The summed E-state index contributed by atoms with van der Waals surface area (Å²) in [6.07, 6.45) is 1.53. The van der Waals surface area contributed by atoms with Gasteiger partial charge in [-0.2, -0.15) is 9.78 Å². The Balaban J connectivity index is 2.42. The first kappa shape index (κ1) is 20.4. The third-order valence-electron chi connectivity index (χ3n) is 4.07. The van der Waals surface area contributed by atoms with E-state index in [1.54, 1.807) is 4.90 Å². The van der Waals surface area contributed by atoms with Crippen molar-refractivity contribution in [1.82, 2.24) is 14.7 Å². The Morgan fingerprint density at radius 2 is 1.60 bits per heavy atom. The summed E-state index contributed by atoms with van der Waals surface area (Å²) < 4.78 is 1.28. The molecule has 0 aliphatic rings. The first-order chi connectivity index (χ1) is 11.7. The van der Waals surface area contributed by atoms with Crippen LogP contribution in [0.3, 0.4) is 0 Å². The highest BCUT2D eigenvalue weighted by Gasteiger charge is 2.21. The lowest BCUT2D eigenvalue weighted by Gasteiger charge is -2.17. The van der Waals surface area contributed by atoms with E-state index in [2.05, 4.69) is 5.10 Å². The Hall–Kier alpha value is -0.880. The minimum absolute atomic E-state index is 0.202. The largest absolute Gasteiger partial charge is 0.344 e. The number of nitrogens with zero attached hydrogens (tertiary/aromatic N) is 3. The van der Waals surface area contributed by atoms with Crippen LogP contribution in [0.2, 0.25) is 15.1 Å². The van der Waals surface area contributed by atoms with Gasteiger partial charge in [-0.05, 0) is 51.3 Å². The molecule has 136 valence electrons. The number of rotatable bonds is 4. The molecule has 0 fully saturated rings. The standard InChI is InChI=1S/C17H20Cl3N3OS/c1-6-22(7-2)17(24)23-8-12(18)16(21-23)25-15-10(4)13(19)9(3)14(20)11(15)5/h8H,6-7H2,1-5H3. The molecule has 0 unspecified atom stereocenters. The summed E-state index contributed by atoms with van der Waals surface area (Å²) in [5, 5.41) is 6.58. The van der Waals surface area contributed by atoms with E-state index in [9.17, 15) is 4.79 Å². The molecule has 0 saturated heterocycles. The van der Waals surface area contributed by atoms with Gasteiger partial charge in [0.15, 0.2) is 0 Å². The first-order valence-corrected chi connectivity index (χ1v) is 9.84. The third-order valence-corrected chi connectivity index (χ3v) is 6.90. The second-order valence-corrected chi connectivity index (χ2v) is 7.78. The van der Waals surface area contributed by atoms with E-state index < -0.39 is 0 Å². The van der Waals surface area contributed by atoms with E-state index in [1.165, 1.54) is 22.6 Å². The van der Waals surface area contributed by atoms with Gasteiger partial charge in [0.25, 0.3) is 0 Å². The fourth-order valence-electron chi connectivity index (χ4n) is 2.53. The summed E-state index contributed by atoms with van der Waals surface area (Å²) in [7, 11) is 0. The van der Waals surface area contributed by atoms with Gasteiger partial charge in [-0.3, -0.25) is 0 Å². The van der Waals surface area contributed by atoms with Crippen molar-refractivity contribution in [2.45, 2.75) is 44.5 Å². The molecule has 1 amide bonds. The van der Waals surface area contributed by atoms with Crippen LogP contribution in [-0.2, 0) is 0 Å². The Morgan fingerprint density at radius 3 is 2.08 bits per heavy atom. The van der Waals surface area contributed by atoms with Crippen molar-refractivity contribution in [3.05, 3.63) is 38.0 Å². The van der Waals surface area contributed by atoms with Gasteiger partial charge >= 0.3 is 6.03 Å². The highest BCUT2D eigenvalue weighted by Crippen LogP contribution is 2.42. The van der Waals surface area contributed by atoms with E-state index in [-0.39, 0.29) is 6.03 Å². The maximum Gasteiger partial charge on any atom is 0.344 e. The van der Waals surface area contributed by atoms with Crippen LogP contribution in [0.25, 0.3) is 0 Å². The molecule has 0 atom stereocenters. The molecule has 1 aromatic heterocycles. The average molecular weight is 421 g/mol. The molecule has 25 heavy (non-hydrogen) atoms. The van der Waals surface area contributed by atoms with Crippen molar-refractivity contribution in [2.75, 3.05) is 13.1 Å². The van der Waals surface area contributed by atoms with E-state index in [0.717, 1.165) is 21.6 Å². The third kappa shape index (κ3) is 3.95. The summed E-state index contributed by atoms with van der Waals surface area (Å²) in [4.78, 5) is 15.0. The van der Waals surface area contributed by atoms with Crippen LogP contribution in [0.15, 0.2) is 16.1 Å². The SMILES string of the molecule is CCN(CC)C(=O)n1cc(Cl)c(Sc2c(C)c(Cl)c(C)c(Cl)c2C)n1. The zero-order valence-electron chi connectivity index (χ0n) is 14.8. The van der Waals surface area contributed by atoms with Gasteiger partial charge in [0.2, 0.25) is 0 Å². The molecule has 0 aliphatic carbocycles. The second-order valence-electron chi connectivity index (χ2n) is 5.62. The Labute approximate surface area is 167 Å². The maximum atomic E-state index is 12.4. The van der Waals surface area contributed by atoms with E-state index in [1.807, 2.05) is 34.6 Å². The number of hydrogen-bond acceptors (Lipinski definition) is 3. The zero-order chi connectivity index (χ0) is 18.9. The maximum absolute atomic E-state index is 12.4. The molecule has 2 aromatic rings. The normalized spacial score (nSPS) is 11.0. The number of carbonyl (C=O) groups is 1. The smallest absolute Gasteiger partial charge is 0.323 e. The van der Waals surface area contributed by atoms with Gasteiger partial charge in [0.05, 0.1) is 11.2 Å². The molecule has 0 spiro atoms. The molecule has 0 saturated carbocycles. The molecule has 0 bridgehead atoms. The van der Waals surface area contributed by atoms with Gasteiger partial charge in [0.1, 0.15) is 5.03 Å². The number of amides is 1. The van der Waals surface area contributed by atoms with Gasteiger partial charge in [0, 0.05) is 28.0 Å². The van der Waals surface area contributed by atoms with Gasteiger partial charge < -0.3 is 4.90 Å². The number of hydrogen-bond donors (Lipinski definition) is 0. The minimum Gasteiger partial charge on any atom is -0.323 e. The molecular formula is C17H20Cl3N3OS. The van der Waals surface area contributed by atoms with Gasteiger partial charge in [-0.1, -0.05) is 46.6 Å². The monoisotopic (exact) mass is 419 g/mol. The minimum atomic E-state index is -0.202. The number of halogens is 3. The van der Waals surface area contributed by atoms with Crippen LogP contribution in [0.1, 0.15) is 30.5 Å². The van der Waals surface area contributed by atoms with Crippen molar-refractivity contribution in [2.24, 2.45) is 0 Å². The fourth-order valence-corrected chi connectivity index (χ4v) is 4.30. The summed E-state index contributed by atoms with van der Waals surface area (Å²) >= 11 is 20.4. The van der Waals surface area contributed by atoms with Crippen LogP contribution in [0.4, 0.5) is 4.79 Å². The van der Waals surface area contributed by atoms with Crippen molar-refractivity contribution < 1.29 is 4.79 Å². The molecular weight excluding hydrogens is 401 g/mol. The van der Waals surface area contributed by atoms with Gasteiger partial charge in [-0.25, -0.2) is 4.79 Å². The Bertz CT molecular complexity index is 787. The lowest BCUT2D eigenvalue weighted by molar-refractivity contribution is 0.201. The molecule has 4 nitrogen and oxygen atoms in total. The highest BCUT2D eigenvalue weighted by atomic mass is 35.5. The highest BCUT2D eigenvalue weighted by molar-refractivity contribution is 7.99. The molecule has 1 heterocycles. The average Bonchev–Trinajstić information content (AvgIpc) is 2.97. The predicted molar refractivity (Wildman–Crippen MR) is 106 cm³/mol. The summed E-state index contributed by atoms with van der Waals surface area (Å²) in [6, 6.07) is -0.202. The zero-order valence-corrected chi connectivity index (χ0v) is 17.9. The number of carbonyl (C=O) groups excluding carboxylic acids is 1. The lowest BCUT2D eigenvalue weighted by atomic mass is 10.1. The van der Waals surface area contributed by atoms with E-state index in [0.29, 0.717) is 33.2 Å². The first-order valence-electron chi connectivity index (χ1n) is 7.89. The van der Waals surface area contributed by atoms with Crippen molar-refractivity contribution in [1.29, 1.82) is 0 Å². The lowest BCUT2D eigenvalue weighted by Crippen LogP contribution is -2.34. The van der Waals surface area contributed by atoms with E-state index in [4.69, 9.17) is 34.8 Å². The quantitative estimate of drug-likeness (QED) is 0.588. The topological polar surface area (TPSA) is 38.1 Å². The van der Waals surface area contributed by atoms with Crippen LogP contribution in [0, 0.1) is 20.8 Å². The molecule has 8 heteroatoms. The Morgan fingerprint density at radius 1 is 1.08 bits per heavy atom. The van der Waals surface area contributed by atoms with Crippen LogP contribution < -0.4 is 0 Å². The van der Waals surface area contributed by atoms with Gasteiger partial charge in [-0.15, -0.1) is 0 Å². The molecule has 0 N–H and O–H groups in total. The van der Waals surface area contributed by atoms with E-state index >= 15 is 0 Å². The predicted octanol–water partition coefficient (Wildman–Crippen LogP) is 6.23. The van der Waals surface area contributed by atoms with Crippen LogP contribution in [0.5, 0.6) is 0 Å². The molecule has 0 radical (unpaired) electrons. The van der Waals surface area contributed by atoms with Crippen LogP contribution in [-0.4, -0.2) is 33.8 Å². The van der Waals surface area contributed by atoms with Crippen LogP contribution >= 0.6 is 46.6 Å². The second kappa shape index (κ2) is 8.21. The molecule has 2 rings (SSSR count). The number of benzene rings is 1. The van der Waals surface area contributed by atoms with Crippen molar-refractivity contribution in [3.8, 4) is 0 Å². The summed E-state index contributed by atoms with van der Waals surface area (Å²) in [5.74, 6) is 0. The summed E-state index contributed by atoms with van der Waals surface area (Å²) in [5.41, 5.74) is 2.70. The fraction of sp³-hybridized carbons (Fsp3) is 0.412. The van der Waals surface area contributed by atoms with Crippen molar-refractivity contribution >= 4 is 52.6 Å². The summed E-state index contributed by atoms with van der Waals surface area (Å²) in [6.45, 7) is 10.8.